The summed E-state index contributed by atoms with van der Waals surface area (Å²) in [5.41, 5.74) is 3.47. The zero-order chi connectivity index (χ0) is 24.9. The molecule has 1 amide bonds. The van der Waals surface area contributed by atoms with Crippen molar-refractivity contribution in [3.63, 3.8) is 0 Å². The number of carbonyl (C=O) groups excluding carboxylic acids is 1. The number of hydrogen-bond acceptors (Lipinski definition) is 5. The van der Waals surface area contributed by atoms with E-state index in [2.05, 4.69) is 20.6 Å². The summed E-state index contributed by atoms with van der Waals surface area (Å²) in [7, 11) is 0. The zero-order valence-electron chi connectivity index (χ0n) is 19.5. The molecule has 180 valence electrons. The Balaban J connectivity index is 1.35. The zero-order valence-corrected chi connectivity index (χ0v) is 20.3. The molecule has 0 atom stereocenters. The Morgan fingerprint density at radius 2 is 1.64 bits per heavy atom. The Morgan fingerprint density at radius 1 is 0.944 bits per heavy atom. The van der Waals surface area contributed by atoms with Gasteiger partial charge in [-0.15, -0.1) is 10.2 Å². The largest absolute Gasteiger partial charge is 0.310 e. The maximum absolute atomic E-state index is 13.5. The van der Waals surface area contributed by atoms with Gasteiger partial charge in [0.1, 0.15) is 11.6 Å². The molecular formula is C27H23FN6OS. The van der Waals surface area contributed by atoms with E-state index in [0.29, 0.717) is 23.3 Å². The van der Waals surface area contributed by atoms with Crippen molar-refractivity contribution in [1.29, 1.82) is 0 Å². The summed E-state index contributed by atoms with van der Waals surface area (Å²) in [5, 5.41) is 16.8. The smallest absolute Gasteiger partial charge is 0.236 e. The second-order valence-corrected chi connectivity index (χ2v) is 9.08. The number of nitrogens with zero attached hydrogens (tertiary/aromatic N) is 5. The number of anilines is 1. The SMILES string of the molecule is Cc1cc(NC(=O)CSc2nnc(-c3ccc(F)cc3)n2Cc2ccccc2)n(-c2ccccc2)n1. The van der Waals surface area contributed by atoms with Crippen molar-refractivity contribution in [1.82, 2.24) is 24.5 Å². The molecule has 36 heavy (non-hydrogen) atoms. The molecule has 0 unspecified atom stereocenters. The van der Waals surface area contributed by atoms with Gasteiger partial charge in [-0.2, -0.15) is 5.10 Å². The summed E-state index contributed by atoms with van der Waals surface area (Å²) in [6.45, 7) is 2.40. The fourth-order valence-corrected chi connectivity index (χ4v) is 4.52. The van der Waals surface area contributed by atoms with Crippen molar-refractivity contribution in [2.45, 2.75) is 18.6 Å². The number of nitrogens with one attached hydrogen (secondary N) is 1. The molecule has 2 heterocycles. The van der Waals surface area contributed by atoms with E-state index in [0.717, 1.165) is 22.5 Å². The molecule has 0 aliphatic rings. The molecule has 0 fully saturated rings. The van der Waals surface area contributed by atoms with Gasteiger partial charge in [0.15, 0.2) is 11.0 Å². The fraction of sp³-hybridized carbons (Fsp3) is 0.111. The highest BCUT2D eigenvalue weighted by Crippen LogP contribution is 2.26. The molecule has 5 aromatic rings. The summed E-state index contributed by atoms with van der Waals surface area (Å²) in [4.78, 5) is 12.9. The number of thioether (sulfide) groups is 1. The number of para-hydroxylation sites is 1. The summed E-state index contributed by atoms with van der Waals surface area (Å²) in [6, 6.07) is 27.5. The van der Waals surface area contributed by atoms with E-state index >= 15 is 0 Å². The predicted molar refractivity (Wildman–Crippen MR) is 139 cm³/mol. The third kappa shape index (κ3) is 5.36. The number of rotatable bonds is 8. The lowest BCUT2D eigenvalue weighted by Crippen LogP contribution is -2.17. The van der Waals surface area contributed by atoms with Gasteiger partial charge in [0.05, 0.1) is 23.7 Å². The van der Waals surface area contributed by atoms with E-state index in [4.69, 9.17) is 0 Å². The molecule has 0 saturated carbocycles. The number of aryl methyl sites for hydroxylation is 1. The van der Waals surface area contributed by atoms with Gasteiger partial charge in [-0.25, -0.2) is 9.07 Å². The van der Waals surface area contributed by atoms with E-state index in [9.17, 15) is 9.18 Å². The van der Waals surface area contributed by atoms with Gasteiger partial charge in [0, 0.05) is 11.6 Å². The standard InChI is InChI=1S/C27H23FN6OS/c1-19-16-24(34(32-19)23-10-6-3-7-11-23)29-25(35)18-36-27-31-30-26(21-12-14-22(28)15-13-21)33(27)17-20-8-4-2-5-9-20/h2-16H,17-18H2,1H3,(H,29,35). The summed E-state index contributed by atoms with van der Waals surface area (Å²) >= 11 is 1.29. The maximum atomic E-state index is 13.5. The second kappa shape index (κ2) is 10.6. The average molecular weight is 499 g/mol. The van der Waals surface area contributed by atoms with Gasteiger partial charge in [-0.3, -0.25) is 9.36 Å². The second-order valence-electron chi connectivity index (χ2n) is 8.14. The van der Waals surface area contributed by atoms with Crippen molar-refractivity contribution >= 4 is 23.5 Å². The number of amides is 1. The van der Waals surface area contributed by atoms with Crippen LogP contribution in [0.15, 0.2) is 96.2 Å². The predicted octanol–water partition coefficient (Wildman–Crippen LogP) is 5.36. The minimum absolute atomic E-state index is 0.134. The van der Waals surface area contributed by atoms with Crippen LogP contribution in [0.1, 0.15) is 11.3 Å². The molecule has 7 nitrogen and oxygen atoms in total. The minimum atomic E-state index is -0.316. The molecule has 0 bridgehead atoms. The summed E-state index contributed by atoms with van der Waals surface area (Å²) in [6.07, 6.45) is 0. The van der Waals surface area contributed by atoms with Crippen LogP contribution in [0.5, 0.6) is 0 Å². The van der Waals surface area contributed by atoms with Crippen LogP contribution < -0.4 is 5.32 Å². The monoisotopic (exact) mass is 498 g/mol. The van der Waals surface area contributed by atoms with Crippen LogP contribution in [0.4, 0.5) is 10.2 Å². The van der Waals surface area contributed by atoms with Gasteiger partial charge in [-0.05, 0) is 48.9 Å². The topological polar surface area (TPSA) is 77.6 Å². The van der Waals surface area contributed by atoms with Crippen molar-refractivity contribution in [3.8, 4) is 17.1 Å². The normalized spacial score (nSPS) is 10.9. The van der Waals surface area contributed by atoms with E-state index in [1.807, 2.05) is 78.2 Å². The number of carbonyl (C=O) groups is 1. The highest BCUT2D eigenvalue weighted by Gasteiger charge is 2.17. The molecule has 0 spiro atoms. The van der Waals surface area contributed by atoms with E-state index in [-0.39, 0.29) is 17.5 Å². The van der Waals surface area contributed by atoms with Crippen LogP contribution >= 0.6 is 11.8 Å². The lowest BCUT2D eigenvalue weighted by Gasteiger charge is -2.11. The van der Waals surface area contributed by atoms with Crippen LogP contribution in [0.25, 0.3) is 17.1 Å². The Morgan fingerprint density at radius 3 is 2.36 bits per heavy atom. The van der Waals surface area contributed by atoms with Crippen LogP contribution in [-0.2, 0) is 11.3 Å². The molecule has 1 N–H and O–H groups in total. The third-order valence-electron chi connectivity index (χ3n) is 5.43. The highest BCUT2D eigenvalue weighted by atomic mass is 32.2. The molecule has 3 aromatic carbocycles. The molecule has 0 aliphatic carbocycles. The minimum Gasteiger partial charge on any atom is -0.310 e. The first-order chi connectivity index (χ1) is 17.6. The van der Waals surface area contributed by atoms with Gasteiger partial charge in [-0.1, -0.05) is 60.3 Å². The van der Waals surface area contributed by atoms with E-state index in [1.165, 1.54) is 23.9 Å². The fourth-order valence-electron chi connectivity index (χ4n) is 3.78. The number of aromatic nitrogens is 5. The van der Waals surface area contributed by atoms with Crippen LogP contribution in [0.3, 0.4) is 0 Å². The van der Waals surface area contributed by atoms with Crippen molar-refractivity contribution in [2.75, 3.05) is 11.1 Å². The molecule has 0 saturated heterocycles. The van der Waals surface area contributed by atoms with Crippen molar-refractivity contribution in [3.05, 3.63) is 108 Å². The molecule has 2 aromatic heterocycles. The van der Waals surface area contributed by atoms with Gasteiger partial charge in [0.25, 0.3) is 0 Å². The Labute approximate surface area is 212 Å². The quantitative estimate of drug-likeness (QED) is 0.292. The lowest BCUT2D eigenvalue weighted by atomic mass is 10.2. The van der Waals surface area contributed by atoms with E-state index in [1.54, 1.807) is 16.8 Å². The van der Waals surface area contributed by atoms with Gasteiger partial charge >= 0.3 is 0 Å². The molecular weight excluding hydrogens is 475 g/mol. The Kier molecular flexibility index (Phi) is 6.90. The van der Waals surface area contributed by atoms with Crippen molar-refractivity contribution < 1.29 is 9.18 Å². The summed E-state index contributed by atoms with van der Waals surface area (Å²) < 4.78 is 17.1. The first-order valence-electron chi connectivity index (χ1n) is 11.3. The maximum Gasteiger partial charge on any atom is 0.236 e. The molecule has 9 heteroatoms. The Hall–Kier alpha value is -4.24. The lowest BCUT2D eigenvalue weighted by molar-refractivity contribution is -0.113. The number of hydrogen-bond donors (Lipinski definition) is 1. The van der Waals surface area contributed by atoms with Crippen molar-refractivity contribution in [2.24, 2.45) is 0 Å². The molecule has 5 rings (SSSR count). The number of benzene rings is 3. The Bertz CT molecular complexity index is 1470. The molecule has 0 aliphatic heterocycles. The molecule has 0 radical (unpaired) electrons. The van der Waals surface area contributed by atoms with Gasteiger partial charge in [0.2, 0.25) is 5.91 Å². The first-order valence-corrected chi connectivity index (χ1v) is 12.3. The third-order valence-corrected chi connectivity index (χ3v) is 6.40. The van der Waals surface area contributed by atoms with Gasteiger partial charge < -0.3 is 5.32 Å². The number of halogens is 1. The van der Waals surface area contributed by atoms with Crippen LogP contribution in [-0.4, -0.2) is 36.2 Å². The van der Waals surface area contributed by atoms with Crippen LogP contribution in [0.2, 0.25) is 0 Å². The summed E-state index contributed by atoms with van der Waals surface area (Å²) in [5.74, 6) is 0.843. The average Bonchev–Trinajstić information content (AvgIpc) is 3.47. The first kappa shape index (κ1) is 23.5. The van der Waals surface area contributed by atoms with E-state index < -0.39 is 0 Å². The van der Waals surface area contributed by atoms with Crippen LogP contribution in [0, 0.1) is 12.7 Å². The highest BCUT2D eigenvalue weighted by molar-refractivity contribution is 7.99.